The first kappa shape index (κ1) is 19.4. The molecule has 4 aromatic rings. The number of carbonyl (C=O) groups excluding carboxylic acids is 1. The topological polar surface area (TPSA) is 68.0 Å². The highest BCUT2D eigenvalue weighted by molar-refractivity contribution is 9.10. The van der Waals surface area contributed by atoms with E-state index >= 15 is 0 Å². The predicted molar refractivity (Wildman–Crippen MR) is 118 cm³/mol. The van der Waals surface area contributed by atoms with Gasteiger partial charge >= 0.3 is 0 Å². The zero-order valence-electron chi connectivity index (χ0n) is 15.2. The van der Waals surface area contributed by atoms with E-state index in [1.807, 2.05) is 66.7 Å². The van der Waals surface area contributed by atoms with Crippen molar-refractivity contribution in [1.82, 2.24) is 10.2 Å². The summed E-state index contributed by atoms with van der Waals surface area (Å²) in [6.45, 7) is 0. The molecule has 5 nitrogen and oxygen atoms in total. The molecule has 0 aliphatic carbocycles. The summed E-state index contributed by atoms with van der Waals surface area (Å²) in [7, 11) is 0. The van der Waals surface area contributed by atoms with Crippen LogP contribution in [0.3, 0.4) is 0 Å². The van der Waals surface area contributed by atoms with Gasteiger partial charge in [-0.1, -0.05) is 34.1 Å². The van der Waals surface area contributed by atoms with Crippen LogP contribution in [0, 0.1) is 0 Å². The van der Waals surface area contributed by atoms with Crippen LogP contribution in [0.2, 0.25) is 0 Å². The van der Waals surface area contributed by atoms with Crippen molar-refractivity contribution in [2.45, 2.75) is 10.6 Å². The minimum absolute atomic E-state index is 0.141. The number of anilines is 1. The largest absolute Gasteiger partial charge is 0.420 e. The SMILES string of the molecule is O=C(Nc1ccc(SCc2nnc(-c3ccccc3)o2)cc1)c1ccc(Br)cc1. The fourth-order valence-electron chi connectivity index (χ4n) is 2.59. The Labute approximate surface area is 180 Å². The van der Waals surface area contributed by atoms with Gasteiger partial charge in [0.2, 0.25) is 11.8 Å². The van der Waals surface area contributed by atoms with Crippen LogP contribution in [0.1, 0.15) is 16.2 Å². The molecule has 144 valence electrons. The summed E-state index contributed by atoms with van der Waals surface area (Å²) in [6, 6.07) is 24.6. The third kappa shape index (κ3) is 5.13. The first-order valence-corrected chi connectivity index (χ1v) is 10.6. The lowest BCUT2D eigenvalue weighted by atomic mass is 10.2. The van der Waals surface area contributed by atoms with E-state index in [1.165, 1.54) is 0 Å². The van der Waals surface area contributed by atoms with Crippen molar-refractivity contribution in [3.8, 4) is 11.5 Å². The highest BCUT2D eigenvalue weighted by Crippen LogP contribution is 2.26. The number of nitrogens with zero attached hydrogens (tertiary/aromatic N) is 2. The average molecular weight is 466 g/mol. The van der Waals surface area contributed by atoms with Crippen molar-refractivity contribution < 1.29 is 9.21 Å². The standard InChI is InChI=1S/C22H16BrN3O2S/c23-17-8-6-15(7-9-17)21(27)24-18-10-12-19(13-11-18)29-14-20-25-26-22(28-20)16-4-2-1-3-5-16/h1-13H,14H2,(H,24,27). The van der Waals surface area contributed by atoms with Gasteiger partial charge in [0, 0.05) is 26.2 Å². The summed E-state index contributed by atoms with van der Waals surface area (Å²) < 4.78 is 6.66. The van der Waals surface area contributed by atoms with Crippen molar-refractivity contribution in [1.29, 1.82) is 0 Å². The van der Waals surface area contributed by atoms with E-state index in [1.54, 1.807) is 23.9 Å². The molecule has 29 heavy (non-hydrogen) atoms. The lowest BCUT2D eigenvalue weighted by molar-refractivity contribution is 0.102. The van der Waals surface area contributed by atoms with Gasteiger partial charge in [-0.25, -0.2) is 0 Å². The number of halogens is 1. The summed E-state index contributed by atoms with van der Waals surface area (Å²) in [5, 5.41) is 11.1. The molecule has 0 aliphatic rings. The molecule has 0 spiro atoms. The number of amides is 1. The molecule has 0 aliphatic heterocycles. The molecule has 0 fully saturated rings. The van der Waals surface area contributed by atoms with E-state index in [9.17, 15) is 4.79 Å². The second-order valence-corrected chi connectivity index (χ2v) is 8.11. The quantitative estimate of drug-likeness (QED) is 0.351. The number of hydrogen-bond acceptors (Lipinski definition) is 5. The van der Waals surface area contributed by atoms with E-state index in [4.69, 9.17) is 4.42 Å². The molecule has 4 rings (SSSR count). The fourth-order valence-corrected chi connectivity index (χ4v) is 3.59. The first-order valence-electron chi connectivity index (χ1n) is 8.85. The minimum Gasteiger partial charge on any atom is -0.420 e. The second-order valence-electron chi connectivity index (χ2n) is 6.14. The average Bonchev–Trinajstić information content (AvgIpc) is 3.23. The molecular weight excluding hydrogens is 450 g/mol. The lowest BCUT2D eigenvalue weighted by Gasteiger charge is -2.06. The number of hydrogen-bond donors (Lipinski definition) is 1. The van der Waals surface area contributed by atoms with Gasteiger partial charge in [-0.3, -0.25) is 4.79 Å². The molecule has 1 aromatic heterocycles. The summed E-state index contributed by atoms with van der Waals surface area (Å²) in [6.07, 6.45) is 0. The van der Waals surface area contributed by atoms with Crippen molar-refractivity contribution in [3.05, 3.63) is 94.8 Å². The Morgan fingerprint density at radius 1 is 0.931 bits per heavy atom. The van der Waals surface area contributed by atoms with Crippen molar-refractivity contribution >= 4 is 39.3 Å². The van der Waals surface area contributed by atoms with Crippen LogP contribution >= 0.6 is 27.7 Å². The molecule has 3 aromatic carbocycles. The second kappa shape index (κ2) is 9.07. The Kier molecular flexibility index (Phi) is 6.07. The maximum atomic E-state index is 12.3. The summed E-state index contributed by atoms with van der Waals surface area (Å²) >= 11 is 4.96. The zero-order chi connectivity index (χ0) is 20.1. The van der Waals surface area contributed by atoms with Crippen molar-refractivity contribution in [3.63, 3.8) is 0 Å². The molecule has 1 amide bonds. The molecule has 1 heterocycles. The molecular formula is C22H16BrN3O2S. The Hall–Kier alpha value is -2.90. The van der Waals surface area contributed by atoms with E-state index in [2.05, 4.69) is 31.4 Å². The highest BCUT2D eigenvalue weighted by atomic mass is 79.9. The molecule has 0 bridgehead atoms. The summed E-state index contributed by atoms with van der Waals surface area (Å²) in [5.41, 5.74) is 2.26. The number of aromatic nitrogens is 2. The molecule has 7 heteroatoms. The Balaban J connectivity index is 1.33. The van der Waals surface area contributed by atoms with Crippen LogP contribution in [0.25, 0.3) is 11.5 Å². The van der Waals surface area contributed by atoms with E-state index in [0.29, 0.717) is 23.1 Å². The third-order valence-corrected chi connectivity index (χ3v) is 5.59. The van der Waals surface area contributed by atoms with Crippen LogP contribution in [0.15, 0.2) is 92.6 Å². The first-order chi connectivity index (χ1) is 14.2. The predicted octanol–water partition coefficient (Wildman–Crippen LogP) is 6.04. The minimum atomic E-state index is -0.141. The molecule has 0 radical (unpaired) electrons. The normalized spacial score (nSPS) is 10.7. The van der Waals surface area contributed by atoms with Gasteiger partial charge in [0.1, 0.15) is 0 Å². The number of carbonyl (C=O) groups is 1. The van der Waals surface area contributed by atoms with Gasteiger partial charge in [-0.2, -0.15) is 0 Å². The Bertz CT molecular complexity index is 1100. The number of rotatable bonds is 6. The van der Waals surface area contributed by atoms with E-state index in [0.717, 1.165) is 20.6 Å². The molecule has 0 atom stereocenters. The third-order valence-electron chi connectivity index (χ3n) is 4.07. The van der Waals surface area contributed by atoms with Crippen LogP contribution in [-0.4, -0.2) is 16.1 Å². The summed E-state index contributed by atoms with van der Waals surface area (Å²) in [4.78, 5) is 13.3. The molecule has 0 saturated heterocycles. The monoisotopic (exact) mass is 465 g/mol. The fraction of sp³-hybridized carbons (Fsp3) is 0.0455. The molecule has 0 unspecified atom stereocenters. The van der Waals surface area contributed by atoms with Gasteiger partial charge in [0.05, 0.1) is 5.75 Å². The van der Waals surface area contributed by atoms with Gasteiger partial charge in [-0.05, 0) is 60.7 Å². The van der Waals surface area contributed by atoms with Gasteiger partial charge in [0.15, 0.2) is 0 Å². The number of thioether (sulfide) groups is 1. The van der Waals surface area contributed by atoms with Gasteiger partial charge in [-0.15, -0.1) is 22.0 Å². The Morgan fingerprint density at radius 3 is 2.38 bits per heavy atom. The van der Waals surface area contributed by atoms with Crippen LogP contribution < -0.4 is 5.32 Å². The smallest absolute Gasteiger partial charge is 0.255 e. The maximum Gasteiger partial charge on any atom is 0.255 e. The lowest BCUT2D eigenvalue weighted by Crippen LogP contribution is -2.11. The van der Waals surface area contributed by atoms with E-state index < -0.39 is 0 Å². The molecule has 1 N–H and O–H groups in total. The zero-order valence-corrected chi connectivity index (χ0v) is 17.6. The number of benzene rings is 3. The van der Waals surface area contributed by atoms with E-state index in [-0.39, 0.29) is 5.91 Å². The van der Waals surface area contributed by atoms with Crippen molar-refractivity contribution in [2.24, 2.45) is 0 Å². The summed E-state index contributed by atoms with van der Waals surface area (Å²) in [5.74, 6) is 1.52. The Morgan fingerprint density at radius 2 is 1.66 bits per heavy atom. The van der Waals surface area contributed by atoms with Gasteiger partial charge < -0.3 is 9.73 Å². The van der Waals surface area contributed by atoms with Gasteiger partial charge in [0.25, 0.3) is 5.91 Å². The van der Waals surface area contributed by atoms with Crippen LogP contribution in [0.5, 0.6) is 0 Å². The highest BCUT2D eigenvalue weighted by Gasteiger charge is 2.09. The maximum absolute atomic E-state index is 12.3. The van der Waals surface area contributed by atoms with Crippen LogP contribution in [0.4, 0.5) is 5.69 Å². The van der Waals surface area contributed by atoms with Crippen LogP contribution in [-0.2, 0) is 5.75 Å². The van der Waals surface area contributed by atoms with Crippen molar-refractivity contribution in [2.75, 3.05) is 5.32 Å². The molecule has 0 saturated carbocycles. The number of nitrogens with one attached hydrogen (secondary N) is 1.